The largest absolute Gasteiger partial charge is 0.344 e. The maximum atomic E-state index is 6.53. The maximum absolute atomic E-state index is 6.53. The fourth-order valence-corrected chi connectivity index (χ4v) is 4.68. The van der Waals surface area contributed by atoms with Crippen molar-refractivity contribution in [3.63, 3.8) is 0 Å². The number of piperidine rings is 2. The zero-order valence-corrected chi connectivity index (χ0v) is 19.7. The molecule has 31 heavy (non-hydrogen) atoms. The Morgan fingerprint density at radius 3 is 2.39 bits per heavy atom. The van der Waals surface area contributed by atoms with Crippen LogP contribution >= 0.6 is 0 Å². The van der Waals surface area contributed by atoms with Gasteiger partial charge in [-0.15, -0.1) is 0 Å². The van der Waals surface area contributed by atoms with E-state index in [1.165, 1.54) is 12.8 Å². The summed E-state index contributed by atoms with van der Waals surface area (Å²) in [5, 5.41) is 3.22. The van der Waals surface area contributed by atoms with Gasteiger partial charge in [-0.3, -0.25) is 0 Å². The maximum Gasteiger partial charge on any atom is 0.232 e. The molecule has 4 atom stereocenters. The van der Waals surface area contributed by atoms with Crippen molar-refractivity contribution in [2.75, 3.05) is 61.5 Å². The third-order valence-electron chi connectivity index (χ3n) is 6.35. The van der Waals surface area contributed by atoms with Gasteiger partial charge in [0.05, 0.1) is 12.2 Å². The van der Waals surface area contributed by atoms with Crippen LogP contribution in [0.25, 0.3) is 0 Å². The van der Waals surface area contributed by atoms with Crippen molar-refractivity contribution in [3.05, 3.63) is 0 Å². The molecule has 0 amide bonds. The highest BCUT2D eigenvalue weighted by molar-refractivity contribution is 5.47. The third kappa shape index (κ3) is 6.15. The van der Waals surface area contributed by atoms with Gasteiger partial charge in [0.25, 0.3) is 0 Å². The summed E-state index contributed by atoms with van der Waals surface area (Å²) in [5.74, 6) is 2.51. The molecule has 10 heteroatoms. The summed E-state index contributed by atoms with van der Waals surface area (Å²) in [7, 11) is 3.92. The first kappa shape index (κ1) is 23.9. The van der Waals surface area contributed by atoms with Gasteiger partial charge in [-0.1, -0.05) is 26.7 Å². The molecule has 2 saturated heterocycles. The number of anilines is 3. The molecular weight excluding hydrogens is 392 g/mol. The number of hydrogen-bond acceptors (Lipinski definition) is 10. The van der Waals surface area contributed by atoms with Crippen molar-refractivity contribution in [2.45, 2.75) is 63.7 Å². The van der Waals surface area contributed by atoms with E-state index in [0.717, 1.165) is 32.5 Å². The quantitative estimate of drug-likeness (QED) is 0.329. The molecule has 3 rings (SSSR count). The van der Waals surface area contributed by atoms with Crippen molar-refractivity contribution in [3.8, 4) is 0 Å². The molecule has 2 aliphatic rings. The van der Waals surface area contributed by atoms with Gasteiger partial charge in [0, 0.05) is 45.3 Å². The third-order valence-corrected chi connectivity index (χ3v) is 6.35. The zero-order valence-electron chi connectivity index (χ0n) is 19.7. The summed E-state index contributed by atoms with van der Waals surface area (Å²) in [6.07, 6.45) is 5.21. The lowest BCUT2D eigenvalue weighted by Crippen LogP contribution is -2.67. The highest BCUT2D eigenvalue weighted by Crippen LogP contribution is 2.26. The van der Waals surface area contributed by atoms with Crippen LogP contribution in [0.15, 0.2) is 0 Å². The van der Waals surface area contributed by atoms with E-state index in [-0.39, 0.29) is 12.1 Å². The summed E-state index contributed by atoms with van der Waals surface area (Å²) < 4.78 is 0. The molecule has 0 unspecified atom stereocenters. The number of aromatic nitrogens is 3. The van der Waals surface area contributed by atoms with Crippen LogP contribution in [0.1, 0.15) is 46.0 Å². The van der Waals surface area contributed by atoms with Gasteiger partial charge < -0.3 is 37.2 Å². The number of nitrogens with zero attached hydrogens (tertiary/aromatic N) is 6. The molecular formula is C21H42N10. The lowest BCUT2D eigenvalue weighted by Gasteiger charge is -2.43. The molecule has 0 radical (unpaired) electrons. The number of nitrogens with two attached hydrogens (primary N) is 3. The first-order valence-electron chi connectivity index (χ1n) is 11.7. The van der Waals surface area contributed by atoms with E-state index in [1.54, 1.807) is 0 Å². The normalized spacial score (nSPS) is 29.3. The van der Waals surface area contributed by atoms with Crippen molar-refractivity contribution >= 4 is 17.8 Å². The van der Waals surface area contributed by atoms with Crippen molar-refractivity contribution in [1.29, 1.82) is 0 Å². The Bertz CT molecular complexity index is 705. The number of rotatable bonds is 8. The van der Waals surface area contributed by atoms with E-state index < -0.39 is 5.66 Å². The van der Waals surface area contributed by atoms with Crippen LogP contribution in [-0.2, 0) is 0 Å². The standard InChI is InChI=1S/C21H42N10/c1-5-6-7-8-29(4)18-26-19(30-11-15(2)9-16(22)12-30)28-20(27-18)31-13-17(23)10-21(24,14-31)25-3/h15-17,25H,5-14,22-24H2,1-4H3/t15-,16+,17+,21+/m0/s1. The molecule has 0 spiro atoms. The molecule has 0 saturated carbocycles. The summed E-state index contributed by atoms with van der Waals surface area (Å²) in [6.45, 7) is 8.25. The number of nitrogens with one attached hydrogen (secondary N) is 1. The van der Waals surface area contributed by atoms with Gasteiger partial charge in [0.1, 0.15) is 0 Å². The molecule has 2 fully saturated rings. The number of hydrogen-bond donors (Lipinski definition) is 4. The van der Waals surface area contributed by atoms with E-state index >= 15 is 0 Å². The average Bonchev–Trinajstić information content (AvgIpc) is 2.72. The van der Waals surface area contributed by atoms with Gasteiger partial charge >= 0.3 is 0 Å². The Morgan fingerprint density at radius 1 is 1.06 bits per heavy atom. The smallest absolute Gasteiger partial charge is 0.232 e. The van der Waals surface area contributed by atoms with E-state index in [4.69, 9.17) is 32.2 Å². The summed E-state index contributed by atoms with van der Waals surface area (Å²) in [6, 6.07) is 0.0691. The molecule has 176 valence electrons. The molecule has 2 aliphatic heterocycles. The Kier molecular flexibility index (Phi) is 7.90. The van der Waals surface area contributed by atoms with E-state index in [1.807, 2.05) is 14.1 Å². The second-order valence-electron chi connectivity index (χ2n) is 9.62. The molecule has 1 aromatic heterocycles. The van der Waals surface area contributed by atoms with Crippen LogP contribution in [0.4, 0.5) is 17.8 Å². The number of unbranched alkanes of at least 4 members (excludes halogenated alkanes) is 2. The lowest BCUT2D eigenvalue weighted by molar-refractivity contribution is 0.274. The second-order valence-corrected chi connectivity index (χ2v) is 9.62. The van der Waals surface area contributed by atoms with E-state index in [2.05, 4.69) is 33.9 Å². The average molecular weight is 435 g/mol. The fourth-order valence-electron chi connectivity index (χ4n) is 4.68. The van der Waals surface area contributed by atoms with Crippen molar-refractivity contribution in [1.82, 2.24) is 20.3 Å². The minimum atomic E-state index is -0.570. The molecule has 7 N–H and O–H groups in total. The highest BCUT2D eigenvalue weighted by Gasteiger charge is 2.36. The Balaban J connectivity index is 1.92. The topological polar surface area (TPSA) is 138 Å². The van der Waals surface area contributed by atoms with E-state index in [9.17, 15) is 0 Å². The van der Waals surface area contributed by atoms with Crippen LogP contribution in [0, 0.1) is 5.92 Å². The molecule has 0 aromatic carbocycles. The van der Waals surface area contributed by atoms with Gasteiger partial charge in [0.2, 0.25) is 17.8 Å². The van der Waals surface area contributed by atoms with Gasteiger partial charge in [-0.25, -0.2) is 0 Å². The Labute approximate surface area is 186 Å². The van der Waals surface area contributed by atoms with Crippen LogP contribution in [0.3, 0.4) is 0 Å². The zero-order chi connectivity index (χ0) is 22.6. The monoisotopic (exact) mass is 434 g/mol. The van der Waals surface area contributed by atoms with Crippen LogP contribution in [0.5, 0.6) is 0 Å². The Morgan fingerprint density at radius 2 is 1.74 bits per heavy atom. The molecule has 0 aliphatic carbocycles. The van der Waals surface area contributed by atoms with Crippen LogP contribution in [0.2, 0.25) is 0 Å². The fraction of sp³-hybridized carbons (Fsp3) is 0.857. The minimum Gasteiger partial charge on any atom is -0.344 e. The molecule has 10 nitrogen and oxygen atoms in total. The number of likely N-dealkylation sites (N-methyl/N-ethyl adjacent to an activating group) is 1. The summed E-state index contributed by atoms with van der Waals surface area (Å²) >= 11 is 0. The van der Waals surface area contributed by atoms with Crippen molar-refractivity contribution in [2.24, 2.45) is 23.1 Å². The minimum absolute atomic E-state index is 0.0550. The predicted molar refractivity (Wildman–Crippen MR) is 127 cm³/mol. The first-order chi connectivity index (χ1) is 14.7. The van der Waals surface area contributed by atoms with Crippen LogP contribution < -0.4 is 37.2 Å². The Hall–Kier alpha value is -1.75. The molecule has 3 heterocycles. The highest BCUT2D eigenvalue weighted by atomic mass is 15.4. The summed E-state index contributed by atoms with van der Waals surface area (Å²) in [4.78, 5) is 21.0. The predicted octanol–water partition coefficient (Wildman–Crippen LogP) is 0.0833. The van der Waals surface area contributed by atoms with Gasteiger partial charge in [-0.05, 0) is 32.2 Å². The van der Waals surface area contributed by atoms with Gasteiger partial charge in [0.15, 0.2) is 0 Å². The first-order valence-corrected chi connectivity index (χ1v) is 11.7. The van der Waals surface area contributed by atoms with Gasteiger partial charge in [-0.2, -0.15) is 15.0 Å². The molecule has 1 aromatic rings. The van der Waals surface area contributed by atoms with Crippen LogP contribution in [-0.4, -0.2) is 79.5 Å². The lowest BCUT2D eigenvalue weighted by atomic mass is 9.96. The van der Waals surface area contributed by atoms with Crippen molar-refractivity contribution < 1.29 is 0 Å². The SMILES string of the molecule is CCCCCN(C)c1nc(N2C[C@@H](C)C[C@@H](N)C2)nc(N2C[C@H](N)C[C@@](N)(NC)C2)n1. The summed E-state index contributed by atoms with van der Waals surface area (Å²) in [5.41, 5.74) is 18.6. The second kappa shape index (κ2) is 10.2. The van der Waals surface area contributed by atoms with E-state index in [0.29, 0.717) is 43.3 Å². The molecule has 0 bridgehead atoms.